The number of nitrogens with zero attached hydrogens (tertiary/aromatic N) is 3. The predicted octanol–water partition coefficient (Wildman–Crippen LogP) is 2.95. The van der Waals surface area contributed by atoms with Gasteiger partial charge in [-0.3, -0.25) is 0 Å². The molecule has 0 radical (unpaired) electrons. The zero-order chi connectivity index (χ0) is 13.8. The maximum Gasteiger partial charge on any atom is 0.195 e. The van der Waals surface area contributed by atoms with Crippen molar-refractivity contribution in [3.8, 4) is 0 Å². The van der Waals surface area contributed by atoms with Gasteiger partial charge in [-0.05, 0) is 43.8 Å². The minimum atomic E-state index is 0.336. The molecule has 5 heteroatoms. The lowest BCUT2D eigenvalue weighted by Crippen LogP contribution is -2.18. The van der Waals surface area contributed by atoms with E-state index in [1.165, 1.54) is 10.5 Å². The van der Waals surface area contributed by atoms with Crippen LogP contribution in [0.3, 0.4) is 0 Å². The summed E-state index contributed by atoms with van der Waals surface area (Å²) in [6.45, 7) is 7.23. The molecule has 0 bridgehead atoms. The summed E-state index contributed by atoms with van der Waals surface area (Å²) in [6.07, 6.45) is 0. The molecule has 0 fully saturated rings. The van der Waals surface area contributed by atoms with E-state index in [-0.39, 0.29) is 0 Å². The number of rotatable bonds is 5. The van der Waals surface area contributed by atoms with E-state index < -0.39 is 0 Å². The Labute approximate surface area is 118 Å². The van der Waals surface area contributed by atoms with Crippen LogP contribution >= 0.6 is 11.8 Å². The fourth-order valence-corrected chi connectivity index (χ4v) is 2.98. The third-order valence-electron chi connectivity index (χ3n) is 3.15. The van der Waals surface area contributed by atoms with Crippen molar-refractivity contribution in [2.45, 2.75) is 36.9 Å². The normalized spacial score (nSPS) is 12.6. The third kappa shape index (κ3) is 3.16. The van der Waals surface area contributed by atoms with Gasteiger partial charge in [0.25, 0.3) is 0 Å². The first-order valence-corrected chi connectivity index (χ1v) is 7.31. The van der Waals surface area contributed by atoms with E-state index in [0.29, 0.717) is 6.04 Å². The third-order valence-corrected chi connectivity index (χ3v) is 4.28. The number of hydrogen-bond donors (Lipinski definition) is 1. The Hall–Kier alpha value is -1.33. The number of nitrogens with one attached hydrogen (secondary N) is 1. The van der Waals surface area contributed by atoms with E-state index in [1.807, 2.05) is 18.5 Å². The molecule has 0 aliphatic heterocycles. The number of aryl methyl sites for hydroxylation is 1. The van der Waals surface area contributed by atoms with Crippen molar-refractivity contribution in [2.75, 3.05) is 6.54 Å². The van der Waals surface area contributed by atoms with Gasteiger partial charge in [-0.2, -0.15) is 0 Å². The lowest BCUT2D eigenvalue weighted by molar-refractivity contribution is 0.589. The Balaban J connectivity index is 2.27. The molecule has 0 amide bonds. The van der Waals surface area contributed by atoms with Crippen LogP contribution in [0.4, 0.5) is 0 Å². The Morgan fingerprint density at radius 2 is 2.05 bits per heavy atom. The van der Waals surface area contributed by atoms with E-state index in [0.717, 1.165) is 17.5 Å². The second-order valence-electron chi connectivity index (χ2n) is 4.51. The van der Waals surface area contributed by atoms with E-state index in [2.05, 4.69) is 53.6 Å². The molecule has 1 N–H and O–H groups in total. The van der Waals surface area contributed by atoms with Crippen LogP contribution in [0.15, 0.2) is 34.3 Å². The molecule has 1 aromatic heterocycles. The molecule has 0 saturated heterocycles. The second kappa shape index (κ2) is 6.21. The molecule has 1 atom stereocenters. The molecule has 19 heavy (non-hydrogen) atoms. The van der Waals surface area contributed by atoms with Crippen LogP contribution in [-0.2, 0) is 7.05 Å². The predicted molar refractivity (Wildman–Crippen MR) is 78.4 cm³/mol. The van der Waals surface area contributed by atoms with Crippen LogP contribution in [-0.4, -0.2) is 21.3 Å². The fraction of sp³-hybridized carbons (Fsp3) is 0.429. The Kier molecular flexibility index (Phi) is 4.61. The molecule has 0 saturated carbocycles. The monoisotopic (exact) mass is 276 g/mol. The van der Waals surface area contributed by atoms with Crippen molar-refractivity contribution in [1.29, 1.82) is 0 Å². The van der Waals surface area contributed by atoms with Gasteiger partial charge in [0, 0.05) is 18.0 Å². The van der Waals surface area contributed by atoms with Crippen molar-refractivity contribution in [3.05, 3.63) is 35.7 Å². The van der Waals surface area contributed by atoms with Gasteiger partial charge in [0.2, 0.25) is 0 Å². The maximum absolute atomic E-state index is 4.21. The van der Waals surface area contributed by atoms with Crippen molar-refractivity contribution in [3.63, 3.8) is 0 Å². The SMILES string of the molecule is CCNC(C)c1ccccc1Sc1nnc(C)n1C. The molecule has 2 rings (SSSR count). The summed E-state index contributed by atoms with van der Waals surface area (Å²) in [5.41, 5.74) is 1.30. The Bertz CT molecular complexity index is 550. The number of aromatic nitrogens is 3. The molecule has 1 aromatic carbocycles. The quantitative estimate of drug-likeness (QED) is 0.912. The van der Waals surface area contributed by atoms with Gasteiger partial charge in [0.1, 0.15) is 5.82 Å². The average Bonchev–Trinajstić information content (AvgIpc) is 2.72. The molecule has 4 nitrogen and oxygen atoms in total. The smallest absolute Gasteiger partial charge is 0.195 e. The van der Waals surface area contributed by atoms with Crippen LogP contribution in [0.2, 0.25) is 0 Å². The van der Waals surface area contributed by atoms with Crippen LogP contribution < -0.4 is 5.32 Å². The Morgan fingerprint density at radius 1 is 1.32 bits per heavy atom. The first-order chi connectivity index (χ1) is 9.13. The molecule has 1 heterocycles. The van der Waals surface area contributed by atoms with Gasteiger partial charge < -0.3 is 9.88 Å². The van der Waals surface area contributed by atoms with Crippen molar-refractivity contribution < 1.29 is 0 Å². The molecule has 0 aliphatic carbocycles. The Morgan fingerprint density at radius 3 is 2.68 bits per heavy atom. The minimum absolute atomic E-state index is 0.336. The fourth-order valence-electron chi connectivity index (χ4n) is 1.92. The van der Waals surface area contributed by atoms with Crippen molar-refractivity contribution in [2.24, 2.45) is 7.05 Å². The van der Waals surface area contributed by atoms with E-state index in [1.54, 1.807) is 11.8 Å². The summed E-state index contributed by atoms with van der Waals surface area (Å²) >= 11 is 1.67. The van der Waals surface area contributed by atoms with Gasteiger partial charge in [-0.1, -0.05) is 25.1 Å². The summed E-state index contributed by atoms with van der Waals surface area (Å²) in [5, 5.41) is 12.7. The summed E-state index contributed by atoms with van der Waals surface area (Å²) in [6, 6.07) is 8.78. The molecular formula is C14H20N4S. The average molecular weight is 276 g/mol. The highest BCUT2D eigenvalue weighted by Crippen LogP contribution is 2.32. The van der Waals surface area contributed by atoms with Crippen LogP contribution in [0.25, 0.3) is 0 Å². The number of hydrogen-bond acceptors (Lipinski definition) is 4. The first-order valence-electron chi connectivity index (χ1n) is 6.49. The zero-order valence-electron chi connectivity index (χ0n) is 11.8. The molecule has 2 aromatic rings. The van der Waals surface area contributed by atoms with E-state index in [9.17, 15) is 0 Å². The highest BCUT2D eigenvalue weighted by atomic mass is 32.2. The van der Waals surface area contributed by atoms with Crippen molar-refractivity contribution in [1.82, 2.24) is 20.1 Å². The lowest BCUT2D eigenvalue weighted by Gasteiger charge is -2.16. The summed E-state index contributed by atoms with van der Waals surface area (Å²) in [5.74, 6) is 0.930. The van der Waals surface area contributed by atoms with E-state index >= 15 is 0 Å². The van der Waals surface area contributed by atoms with Gasteiger partial charge in [0.15, 0.2) is 5.16 Å². The topological polar surface area (TPSA) is 42.7 Å². The summed E-state index contributed by atoms with van der Waals surface area (Å²) in [4.78, 5) is 1.23. The zero-order valence-corrected chi connectivity index (χ0v) is 12.7. The highest BCUT2D eigenvalue weighted by molar-refractivity contribution is 7.99. The maximum atomic E-state index is 4.21. The van der Waals surface area contributed by atoms with Gasteiger partial charge in [0.05, 0.1) is 0 Å². The van der Waals surface area contributed by atoms with Crippen LogP contribution in [0.1, 0.15) is 31.3 Å². The van der Waals surface area contributed by atoms with Gasteiger partial charge >= 0.3 is 0 Å². The summed E-state index contributed by atoms with van der Waals surface area (Å²) in [7, 11) is 1.99. The summed E-state index contributed by atoms with van der Waals surface area (Å²) < 4.78 is 2.01. The van der Waals surface area contributed by atoms with Gasteiger partial charge in [-0.15, -0.1) is 10.2 Å². The highest BCUT2D eigenvalue weighted by Gasteiger charge is 2.13. The molecule has 0 aliphatic rings. The number of benzene rings is 1. The minimum Gasteiger partial charge on any atom is -0.310 e. The molecular weight excluding hydrogens is 256 g/mol. The molecule has 102 valence electrons. The first kappa shape index (κ1) is 14.1. The largest absolute Gasteiger partial charge is 0.310 e. The standard InChI is InChI=1S/C14H20N4S/c1-5-15-10(2)12-8-6-7-9-13(12)19-14-17-16-11(3)18(14)4/h6-10,15H,5H2,1-4H3. The molecule has 1 unspecified atom stereocenters. The van der Waals surface area contributed by atoms with Crippen molar-refractivity contribution >= 4 is 11.8 Å². The van der Waals surface area contributed by atoms with Crippen LogP contribution in [0, 0.1) is 6.92 Å². The second-order valence-corrected chi connectivity index (χ2v) is 5.52. The van der Waals surface area contributed by atoms with Crippen LogP contribution in [0.5, 0.6) is 0 Å². The lowest BCUT2D eigenvalue weighted by atomic mass is 10.1. The molecule has 0 spiro atoms. The van der Waals surface area contributed by atoms with E-state index in [4.69, 9.17) is 0 Å². The van der Waals surface area contributed by atoms with Gasteiger partial charge in [-0.25, -0.2) is 0 Å².